The van der Waals surface area contributed by atoms with Gasteiger partial charge in [-0.2, -0.15) is 26.9 Å². The molecule has 0 fully saturated rings. The Morgan fingerprint density at radius 2 is 1.58 bits per heavy atom. The lowest BCUT2D eigenvalue weighted by molar-refractivity contribution is -0.137. The van der Waals surface area contributed by atoms with Gasteiger partial charge >= 0.3 is 12.1 Å². The van der Waals surface area contributed by atoms with Crippen molar-refractivity contribution < 1.29 is 31.9 Å². The number of nitrogens with zero attached hydrogens (tertiary/aromatic N) is 4. The summed E-state index contributed by atoms with van der Waals surface area (Å²) in [6, 6.07) is 6.06. The van der Waals surface area contributed by atoms with E-state index in [9.17, 15) is 31.9 Å². The van der Waals surface area contributed by atoms with Crippen molar-refractivity contribution >= 4 is 11.7 Å². The molecule has 11 heteroatoms. The molecule has 0 spiro atoms. The van der Waals surface area contributed by atoms with E-state index in [1.165, 1.54) is 26.0 Å². The molecule has 3 aromatic rings. The number of alkyl halides is 3. The van der Waals surface area contributed by atoms with Crippen LogP contribution in [0.3, 0.4) is 0 Å². The molecule has 3 aromatic heterocycles. The van der Waals surface area contributed by atoms with Gasteiger partial charge < -0.3 is 10.0 Å². The van der Waals surface area contributed by atoms with Crippen LogP contribution in [0, 0.1) is 11.9 Å². The summed E-state index contributed by atoms with van der Waals surface area (Å²) in [5.41, 5.74) is -3.09. The Morgan fingerprint density at radius 1 is 0.939 bits per heavy atom. The Balaban J connectivity index is 2.28. The topological polar surface area (TPSA) is 79.2 Å². The molecule has 0 saturated heterocycles. The molecule has 0 aliphatic rings. The molecule has 0 atom stereocenters. The lowest BCUT2D eigenvalue weighted by Gasteiger charge is -2.27. The fourth-order valence-corrected chi connectivity index (χ4v) is 3.09. The normalized spacial score (nSPS) is 12.0. The van der Waals surface area contributed by atoms with Gasteiger partial charge in [-0.05, 0) is 50.2 Å². The Kier molecular flexibility index (Phi) is 6.10. The zero-order chi connectivity index (χ0) is 24.7. The van der Waals surface area contributed by atoms with E-state index in [-0.39, 0.29) is 17.1 Å². The summed E-state index contributed by atoms with van der Waals surface area (Å²) in [6.07, 6.45) is -4.79. The second kappa shape index (κ2) is 8.38. The summed E-state index contributed by atoms with van der Waals surface area (Å²) >= 11 is 0. The van der Waals surface area contributed by atoms with Gasteiger partial charge in [-0.15, -0.1) is 0 Å². The summed E-state index contributed by atoms with van der Waals surface area (Å²) in [7, 11) is 3.34. The number of aromatic carboxylic acids is 1. The molecule has 3 rings (SSSR count). The standard InChI is InChI=1S/C22H19F5N4O2/c1-21(2,17-10-12(31(3)4)9-15(29-17)20(32)33)16-8-11(22(25,26)27)7-14(28-16)13-5-6-18(23)30-19(13)24/h5-10H,1-4H3,(H,32,33). The molecule has 33 heavy (non-hydrogen) atoms. The van der Waals surface area contributed by atoms with Crippen LogP contribution in [-0.4, -0.2) is 40.1 Å². The summed E-state index contributed by atoms with van der Waals surface area (Å²) in [5, 5.41) is 9.42. The number of aromatic nitrogens is 3. The first-order valence-corrected chi connectivity index (χ1v) is 9.55. The van der Waals surface area contributed by atoms with E-state index >= 15 is 0 Å². The zero-order valence-electron chi connectivity index (χ0n) is 18.0. The average Bonchev–Trinajstić information content (AvgIpc) is 2.72. The molecular formula is C22H19F5N4O2. The number of pyridine rings is 3. The van der Waals surface area contributed by atoms with E-state index in [0.29, 0.717) is 11.8 Å². The van der Waals surface area contributed by atoms with Gasteiger partial charge in [0.15, 0.2) is 5.69 Å². The van der Waals surface area contributed by atoms with Crippen molar-refractivity contribution in [3.8, 4) is 11.3 Å². The van der Waals surface area contributed by atoms with Crippen LogP contribution in [0.4, 0.5) is 27.6 Å². The molecule has 0 unspecified atom stereocenters. The van der Waals surface area contributed by atoms with Crippen LogP contribution >= 0.6 is 0 Å². The summed E-state index contributed by atoms with van der Waals surface area (Å²) < 4.78 is 68.4. The fraction of sp³-hybridized carbons (Fsp3) is 0.273. The molecule has 0 radical (unpaired) electrons. The van der Waals surface area contributed by atoms with Crippen LogP contribution in [0.15, 0.2) is 36.4 Å². The minimum atomic E-state index is -4.79. The van der Waals surface area contributed by atoms with Gasteiger partial charge in [-0.3, -0.25) is 4.98 Å². The van der Waals surface area contributed by atoms with Crippen LogP contribution < -0.4 is 4.90 Å². The maximum Gasteiger partial charge on any atom is 0.416 e. The Hall–Kier alpha value is -3.63. The van der Waals surface area contributed by atoms with Crippen LogP contribution in [0.5, 0.6) is 0 Å². The number of anilines is 1. The van der Waals surface area contributed by atoms with Gasteiger partial charge in [0.05, 0.1) is 28.2 Å². The van der Waals surface area contributed by atoms with Gasteiger partial charge in [0.1, 0.15) is 0 Å². The molecular weight excluding hydrogens is 447 g/mol. The average molecular weight is 466 g/mol. The number of hydrogen-bond donors (Lipinski definition) is 1. The van der Waals surface area contributed by atoms with Crippen molar-refractivity contribution in [3.05, 3.63) is 70.9 Å². The predicted molar refractivity (Wildman–Crippen MR) is 110 cm³/mol. The molecule has 0 saturated carbocycles. The van der Waals surface area contributed by atoms with Crippen molar-refractivity contribution in [1.82, 2.24) is 15.0 Å². The molecule has 0 aliphatic heterocycles. The van der Waals surface area contributed by atoms with Crippen LogP contribution in [0.25, 0.3) is 11.3 Å². The molecule has 0 amide bonds. The van der Waals surface area contributed by atoms with E-state index in [4.69, 9.17) is 0 Å². The maximum atomic E-state index is 14.2. The van der Waals surface area contributed by atoms with E-state index in [1.54, 1.807) is 19.0 Å². The third kappa shape index (κ3) is 4.91. The number of carboxylic acid groups (broad SMARTS) is 1. The maximum absolute atomic E-state index is 14.2. The Labute approximate surface area is 185 Å². The molecule has 1 N–H and O–H groups in total. The van der Waals surface area contributed by atoms with E-state index in [0.717, 1.165) is 18.2 Å². The van der Waals surface area contributed by atoms with Gasteiger partial charge in [0.2, 0.25) is 11.9 Å². The highest BCUT2D eigenvalue weighted by Crippen LogP contribution is 2.38. The minimum Gasteiger partial charge on any atom is -0.477 e. The highest BCUT2D eigenvalue weighted by molar-refractivity contribution is 5.86. The number of hydrogen-bond acceptors (Lipinski definition) is 5. The molecule has 0 aliphatic carbocycles. The molecule has 6 nitrogen and oxygen atoms in total. The second-order valence-electron chi connectivity index (χ2n) is 8.02. The molecule has 0 aromatic carbocycles. The largest absolute Gasteiger partial charge is 0.477 e. The second-order valence-corrected chi connectivity index (χ2v) is 8.02. The Morgan fingerprint density at radius 3 is 2.12 bits per heavy atom. The summed E-state index contributed by atoms with van der Waals surface area (Å²) in [6.45, 7) is 3.04. The van der Waals surface area contributed by atoms with Gasteiger partial charge in [-0.1, -0.05) is 0 Å². The van der Waals surface area contributed by atoms with Gasteiger partial charge in [0.25, 0.3) is 0 Å². The van der Waals surface area contributed by atoms with Crippen molar-refractivity contribution in [2.75, 3.05) is 19.0 Å². The highest BCUT2D eigenvalue weighted by atomic mass is 19.4. The number of rotatable bonds is 5. The number of carbonyl (C=O) groups is 1. The van der Waals surface area contributed by atoms with Gasteiger partial charge in [0, 0.05) is 25.2 Å². The summed E-state index contributed by atoms with van der Waals surface area (Å²) in [4.78, 5) is 24.5. The Bertz CT molecular complexity index is 1230. The van der Waals surface area contributed by atoms with Crippen molar-refractivity contribution in [2.24, 2.45) is 0 Å². The van der Waals surface area contributed by atoms with Crippen LogP contribution in [-0.2, 0) is 11.6 Å². The smallest absolute Gasteiger partial charge is 0.416 e. The van der Waals surface area contributed by atoms with Gasteiger partial charge in [-0.25, -0.2) is 9.78 Å². The molecule has 174 valence electrons. The van der Waals surface area contributed by atoms with Crippen LogP contribution in [0.1, 0.15) is 41.3 Å². The first-order valence-electron chi connectivity index (χ1n) is 9.55. The molecule has 3 heterocycles. The summed E-state index contributed by atoms with van der Waals surface area (Å²) in [5.74, 6) is -3.76. The van der Waals surface area contributed by atoms with E-state index in [1.807, 2.05) is 0 Å². The number of carboxylic acids is 1. The lowest BCUT2D eigenvalue weighted by atomic mass is 9.83. The SMILES string of the molecule is CN(C)c1cc(C(=O)O)nc(C(C)(C)c2cc(C(F)(F)F)cc(-c3ccc(F)nc3F)n2)c1. The highest BCUT2D eigenvalue weighted by Gasteiger charge is 2.36. The quantitative estimate of drug-likeness (QED) is 0.425. The fourth-order valence-electron chi connectivity index (χ4n) is 3.09. The van der Waals surface area contributed by atoms with E-state index in [2.05, 4.69) is 15.0 Å². The third-order valence-corrected chi connectivity index (χ3v) is 5.07. The zero-order valence-corrected chi connectivity index (χ0v) is 18.0. The van der Waals surface area contributed by atoms with E-state index < -0.39 is 46.3 Å². The van der Waals surface area contributed by atoms with Crippen molar-refractivity contribution in [3.63, 3.8) is 0 Å². The third-order valence-electron chi connectivity index (χ3n) is 5.07. The monoisotopic (exact) mass is 466 g/mol. The van der Waals surface area contributed by atoms with Crippen molar-refractivity contribution in [1.29, 1.82) is 0 Å². The minimum absolute atomic E-state index is 0.140. The molecule has 0 bridgehead atoms. The lowest BCUT2D eigenvalue weighted by Crippen LogP contribution is -2.25. The number of halogens is 5. The first-order chi connectivity index (χ1) is 15.2. The van der Waals surface area contributed by atoms with Crippen molar-refractivity contribution in [2.45, 2.75) is 25.4 Å². The predicted octanol–water partition coefficient (Wildman–Crippen LogP) is 4.93. The van der Waals surface area contributed by atoms with Crippen LogP contribution in [0.2, 0.25) is 0 Å². The first kappa shape index (κ1) is 24.0.